The van der Waals surface area contributed by atoms with Gasteiger partial charge < -0.3 is 14.5 Å². The SMILES string of the molecule is COc1ncccc1NC(=O)c1oc2c(c1C)C(=O)CCC2. The van der Waals surface area contributed by atoms with Gasteiger partial charge >= 0.3 is 0 Å². The van der Waals surface area contributed by atoms with Crippen LogP contribution in [0.2, 0.25) is 0 Å². The third-order valence-corrected chi connectivity index (χ3v) is 3.73. The molecule has 1 amide bonds. The first-order chi connectivity index (χ1) is 10.6. The predicted octanol–water partition coefficient (Wildman–Crippen LogP) is 2.76. The molecule has 0 spiro atoms. The highest BCUT2D eigenvalue weighted by atomic mass is 16.5. The van der Waals surface area contributed by atoms with Gasteiger partial charge in [0.05, 0.1) is 12.7 Å². The van der Waals surface area contributed by atoms with Gasteiger partial charge in [-0.25, -0.2) is 4.98 Å². The Bertz CT molecular complexity index is 749. The van der Waals surface area contributed by atoms with Gasteiger partial charge in [-0.2, -0.15) is 0 Å². The van der Waals surface area contributed by atoms with Crippen LogP contribution in [0, 0.1) is 6.92 Å². The summed E-state index contributed by atoms with van der Waals surface area (Å²) < 4.78 is 10.7. The Morgan fingerprint density at radius 1 is 1.41 bits per heavy atom. The molecule has 2 aromatic rings. The normalized spacial score (nSPS) is 13.6. The number of pyridine rings is 1. The van der Waals surface area contributed by atoms with Gasteiger partial charge in [0.1, 0.15) is 11.4 Å². The number of anilines is 1. The summed E-state index contributed by atoms with van der Waals surface area (Å²) >= 11 is 0. The van der Waals surface area contributed by atoms with Crippen molar-refractivity contribution < 1.29 is 18.7 Å². The van der Waals surface area contributed by atoms with Crippen molar-refractivity contribution in [2.45, 2.75) is 26.2 Å². The minimum Gasteiger partial charge on any atom is -0.480 e. The van der Waals surface area contributed by atoms with Gasteiger partial charge in [0.2, 0.25) is 5.88 Å². The molecule has 0 fully saturated rings. The summed E-state index contributed by atoms with van der Waals surface area (Å²) in [7, 11) is 1.48. The van der Waals surface area contributed by atoms with Gasteiger partial charge in [-0.15, -0.1) is 0 Å². The number of nitrogens with one attached hydrogen (secondary N) is 1. The highest BCUT2D eigenvalue weighted by Crippen LogP contribution is 2.30. The first kappa shape index (κ1) is 14.3. The van der Waals surface area contributed by atoms with Crippen LogP contribution in [0.5, 0.6) is 5.88 Å². The molecule has 0 radical (unpaired) electrons. The molecular weight excluding hydrogens is 284 g/mol. The molecule has 1 N–H and O–H groups in total. The summed E-state index contributed by atoms with van der Waals surface area (Å²) in [6, 6.07) is 3.38. The zero-order valence-corrected chi connectivity index (χ0v) is 12.4. The summed E-state index contributed by atoms with van der Waals surface area (Å²) in [5.41, 5.74) is 1.62. The van der Waals surface area contributed by atoms with E-state index in [0.717, 1.165) is 6.42 Å². The number of methoxy groups -OCH3 is 1. The molecule has 1 aliphatic carbocycles. The van der Waals surface area contributed by atoms with Gasteiger partial charge in [0.15, 0.2) is 11.5 Å². The zero-order chi connectivity index (χ0) is 15.7. The van der Waals surface area contributed by atoms with Crippen molar-refractivity contribution >= 4 is 17.4 Å². The number of carbonyl (C=O) groups is 2. The van der Waals surface area contributed by atoms with Gasteiger partial charge in [-0.05, 0) is 25.5 Å². The molecule has 0 saturated heterocycles. The van der Waals surface area contributed by atoms with Crippen LogP contribution in [0.25, 0.3) is 0 Å². The van der Waals surface area contributed by atoms with Gasteiger partial charge in [-0.3, -0.25) is 9.59 Å². The Kier molecular flexibility index (Phi) is 3.66. The monoisotopic (exact) mass is 300 g/mol. The number of rotatable bonds is 3. The van der Waals surface area contributed by atoms with Crippen molar-refractivity contribution in [3.05, 3.63) is 41.0 Å². The maximum Gasteiger partial charge on any atom is 0.291 e. The quantitative estimate of drug-likeness (QED) is 0.942. The van der Waals surface area contributed by atoms with Crippen LogP contribution in [0.15, 0.2) is 22.7 Å². The molecule has 0 atom stereocenters. The second-order valence-corrected chi connectivity index (χ2v) is 5.15. The molecule has 0 unspecified atom stereocenters. The third kappa shape index (κ3) is 2.36. The summed E-state index contributed by atoms with van der Waals surface area (Å²) in [5, 5.41) is 2.71. The van der Waals surface area contributed by atoms with E-state index in [-0.39, 0.29) is 11.5 Å². The number of fused-ring (bicyclic) bond motifs is 1. The molecule has 0 aromatic carbocycles. The number of ketones is 1. The standard InChI is InChI=1S/C16H16N2O4/c1-9-13-11(19)6-3-7-12(13)22-14(9)15(20)18-10-5-4-8-17-16(10)21-2/h4-5,8H,3,6-7H2,1-2H3,(H,18,20). The average Bonchev–Trinajstić information content (AvgIpc) is 2.86. The molecule has 22 heavy (non-hydrogen) atoms. The number of Topliss-reactive ketones (excluding diaryl/α,β-unsaturated/α-hetero) is 1. The lowest BCUT2D eigenvalue weighted by Gasteiger charge is -2.08. The maximum absolute atomic E-state index is 12.4. The van der Waals surface area contributed by atoms with Gasteiger partial charge in [0, 0.05) is 24.6 Å². The molecule has 114 valence electrons. The zero-order valence-electron chi connectivity index (χ0n) is 12.4. The Labute approximate surface area is 127 Å². The molecule has 2 aromatic heterocycles. The van der Waals surface area contributed by atoms with E-state index in [2.05, 4.69) is 10.3 Å². The average molecular weight is 300 g/mol. The molecule has 0 aliphatic heterocycles. The Morgan fingerprint density at radius 3 is 2.95 bits per heavy atom. The summed E-state index contributed by atoms with van der Waals surface area (Å²) in [5.74, 6) is 0.732. The Morgan fingerprint density at radius 2 is 2.23 bits per heavy atom. The Balaban J connectivity index is 1.92. The van der Waals surface area contributed by atoms with E-state index in [4.69, 9.17) is 9.15 Å². The van der Waals surface area contributed by atoms with Crippen molar-refractivity contribution in [3.8, 4) is 5.88 Å². The molecule has 6 nitrogen and oxygen atoms in total. The largest absolute Gasteiger partial charge is 0.480 e. The van der Waals surface area contributed by atoms with Crippen LogP contribution in [-0.2, 0) is 6.42 Å². The Hall–Kier alpha value is -2.63. The number of furan rings is 1. The highest BCUT2D eigenvalue weighted by Gasteiger charge is 2.29. The number of aryl methyl sites for hydroxylation is 1. The summed E-state index contributed by atoms with van der Waals surface area (Å²) in [4.78, 5) is 28.4. The molecule has 1 aliphatic rings. The first-order valence-electron chi connectivity index (χ1n) is 7.07. The van der Waals surface area contributed by atoms with Gasteiger partial charge in [-0.1, -0.05) is 0 Å². The van der Waals surface area contributed by atoms with Crippen LogP contribution < -0.4 is 10.1 Å². The topological polar surface area (TPSA) is 81.4 Å². The number of aromatic nitrogens is 1. The second-order valence-electron chi connectivity index (χ2n) is 5.15. The van der Waals surface area contributed by atoms with E-state index < -0.39 is 5.91 Å². The first-order valence-corrected chi connectivity index (χ1v) is 7.07. The number of nitrogens with zero attached hydrogens (tertiary/aromatic N) is 1. The third-order valence-electron chi connectivity index (χ3n) is 3.73. The second kappa shape index (κ2) is 5.63. The van der Waals surface area contributed by atoms with E-state index in [0.29, 0.717) is 41.3 Å². The number of hydrogen-bond donors (Lipinski definition) is 1. The van der Waals surface area contributed by atoms with Crippen LogP contribution in [0.4, 0.5) is 5.69 Å². The number of hydrogen-bond acceptors (Lipinski definition) is 5. The summed E-state index contributed by atoms with van der Waals surface area (Å²) in [6.07, 6.45) is 3.52. The fourth-order valence-electron chi connectivity index (χ4n) is 2.69. The summed E-state index contributed by atoms with van der Waals surface area (Å²) in [6.45, 7) is 1.74. The van der Waals surface area contributed by atoms with E-state index in [1.807, 2.05) is 0 Å². The lowest BCUT2D eigenvalue weighted by Crippen LogP contribution is -2.14. The van der Waals surface area contributed by atoms with Crippen LogP contribution in [0.1, 0.15) is 45.1 Å². The number of carbonyl (C=O) groups excluding carboxylic acids is 2. The highest BCUT2D eigenvalue weighted by molar-refractivity contribution is 6.07. The van der Waals surface area contributed by atoms with Crippen LogP contribution >= 0.6 is 0 Å². The van der Waals surface area contributed by atoms with Gasteiger partial charge in [0.25, 0.3) is 5.91 Å². The minimum atomic E-state index is -0.411. The number of amides is 1. The van der Waals surface area contributed by atoms with E-state index >= 15 is 0 Å². The van der Waals surface area contributed by atoms with Crippen molar-refractivity contribution in [3.63, 3.8) is 0 Å². The molecule has 3 rings (SSSR count). The fourth-order valence-corrected chi connectivity index (χ4v) is 2.69. The lowest BCUT2D eigenvalue weighted by molar-refractivity contribution is 0.0963. The number of ether oxygens (including phenoxy) is 1. The van der Waals surface area contributed by atoms with Crippen molar-refractivity contribution in [2.24, 2.45) is 0 Å². The van der Waals surface area contributed by atoms with E-state index in [9.17, 15) is 9.59 Å². The molecule has 2 heterocycles. The molecule has 0 saturated carbocycles. The van der Waals surface area contributed by atoms with Crippen molar-refractivity contribution in [1.29, 1.82) is 0 Å². The lowest BCUT2D eigenvalue weighted by atomic mass is 9.94. The molecule has 6 heteroatoms. The van der Waals surface area contributed by atoms with Crippen LogP contribution in [0.3, 0.4) is 0 Å². The molecular formula is C16H16N2O4. The van der Waals surface area contributed by atoms with Crippen molar-refractivity contribution in [1.82, 2.24) is 4.98 Å². The van der Waals surface area contributed by atoms with Crippen LogP contribution in [-0.4, -0.2) is 23.8 Å². The smallest absolute Gasteiger partial charge is 0.291 e. The van der Waals surface area contributed by atoms with Crippen molar-refractivity contribution in [2.75, 3.05) is 12.4 Å². The predicted molar refractivity (Wildman–Crippen MR) is 79.5 cm³/mol. The maximum atomic E-state index is 12.4. The minimum absolute atomic E-state index is 0.0421. The van der Waals surface area contributed by atoms with E-state index in [1.165, 1.54) is 7.11 Å². The fraction of sp³-hybridized carbons (Fsp3) is 0.312. The van der Waals surface area contributed by atoms with E-state index in [1.54, 1.807) is 25.3 Å². The molecule has 0 bridgehead atoms.